The van der Waals surface area contributed by atoms with Crippen LogP contribution >= 0.6 is 0 Å². The van der Waals surface area contributed by atoms with Gasteiger partial charge < -0.3 is 16.0 Å². The Morgan fingerprint density at radius 1 is 1.40 bits per heavy atom. The second-order valence-corrected chi connectivity index (χ2v) is 3.62. The van der Waals surface area contributed by atoms with Gasteiger partial charge in [0.05, 0.1) is 5.69 Å². The fourth-order valence-corrected chi connectivity index (χ4v) is 1.72. The molecule has 4 heteroatoms. The minimum Gasteiger partial charge on any atom is -0.399 e. The molecule has 0 spiro atoms. The zero-order valence-electron chi connectivity index (χ0n) is 8.74. The summed E-state index contributed by atoms with van der Waals surface area (Å²) >= 11 is 0. The van der Waals surface area contributed by atoms with E-state index in [9.17, 15) is 0 Å². The number of nitrogens with one attached hydrogen (secondary N) is 1. The summed E-state index contributed by atoms with van der Waals surface area (Å²) in [5.41, 5.74) is 7.39. The van der Waals surface area contributed by atoms with Gasteiger partial charge in [-0.15, -0.1) is 0 Å². The monoisotopic (exact) mass is 204 g/mol. The van der Waals surface area contributed by atoms with Crippen LogP contribution in [0, 0.1) is 0 Å². The summed E-state index contributed by atoms with van der Waals surface area (Å²) in [5, 5.41) is 3.31. The highest BCUT2D eigenvalue weighted by atomic mass is 15.2. The quantitative estimate of drug-likeness (QED) is 0.745. The van der Waals surface area contributed by atoms with Crippen LogP contribution in [-0.2, 0) is 0 Å². The molecule has 3 N–H and O–H groups in total. The van der Waals surface area contributed by atoms with Crippen LogP contribution in [0.15, 0.2) is 18.7 Å². The van der Waals surface area contributed by atoms with E-state index in [1.165, 1.54) is 0 Å². The molecule has 0 atom stereocenters. The summed E-state index contributed by atoms with van der Waals surface area (Å²) in [6.45, 7) is 7.67. The van der Waals surface area contributed by atoms with Crippen molar-refractivity contribution in [3.63, 3.8) is 0 Å². The van der Waals surface area contributed by atoms with Crippen LogP contribution in [0.5, 0.6) is 0 Å². The van der Waals surface area contributed by atoms with Crippen molar-refractivity contribution in [2.24, 2.45) is 0 Å². The molecule has 1 saturated heterocycles. The van der Waals surface area contributed by atoms with Gasteiger partial charge in [0.1, 0.15) is 5.82 Å². The van der Waals surface area contributed by atoms with Crippen molar-refractivity contribution in [3.05, 3.63) is 24.4 Å². The fraction of sp³-hybridized carbons (Fsp3) is 0.364. The molecule has 1 aromatic heterocycles. The van der Waals surface area contributed by atoms with Crippen LogP contribution in [0.3, 0.4) is 0 Å². The molecule has 1 aliphatic heterocycles. The van der Waals surface area contributed by atoms with Crippen LogP contribution in [0.2, 0.25) is 0 Å². The number of anilines is 2. The van der Waals surface area contributed by atoms with Gasteiger partial charge in [0.25, 0.3) is 0 Å². The molecule has 0 saturated carbocycles. The normalized spacial score (nSPS) is 16.4. The second-order valence-electron chi connectivity index (χ2n) is 3.62. The van der Waals surface area contributed by atoms with E-state index in [-0.39, 0.29) is 0 Å². The lowest BCUT2D eigenvalue weighted by molar-refractivity contribution is 0.585. The van der Waals surface area contributed by atoms with Gasteiger partial charge in [0.2, 0.25) is 0 Å². The number of hydrogen-bond donors (Lipinski definition) is 2. The minimum absolute atomic E-state index is 0.744. The van der Waals surface area contributed by atoms with E-state index in [4.69, 9.17) is 5.73 Å². The zero-order valence-corrected chi connectivity index (χ0v) is 8.74. The lowest BCUT2D eigenvalue weighted by Crippen LogP contribution is -2.43. The molecular weight excluding hydrogens is 188 g/mol. The standard InChI is InChI=1S/C11H16N4/c1-2-10-7-9(12)8-11(14-10)15-5-3-13-4-6-15/h2,7-8,13H,1,3-6H2,(H2,12,14). The molecule has 0 bridgehead atoms. The second kappa shape index (κ2) is 4.31. The van der Waals surface area contributed by atoms with Crippen LogP contribution < -0.4 is 16.0 Å². The molecule has 2 rings (SSSR count). The van der Waals surface area contributed by atoms with Crippen LogP contribution in [0.25, 0.3) is 6.08 Å². The molecule has 1 fully saturated rings. The maximum atomic E-state index is 5.81. The van der Waals surface area contributed by atoms with Gasteiger partial charge in [-0.1, -0.05) is 6.58 Å². The lowest BCUT2D eigenvalue weighted by Gasteiger charge is -2.28. The number of pyridine rings is 1. The van der Waals surface area contributed by atoms with E-state index in [0.717, 1.165) is 43.4 Å². The Balaban J connectivity index is 2.25. The summed E-state index contributed by atoms with van der Waals surface area (Å²) in [7, 11) is 0. The maximum absolute atomic E-state index is 5.81. The van der Waals surface area contributed by atoms with Crippen molar-refractivity contribution in [3.8, 4) is 0 Å². The maximum Gasteiger partial charge on any atom is 0.131 e. The number of aromatic nitrogens is 1. The van der Waals surface area contributed by atoms with Crippen molar-refractivity contribution < 1.29 is 0 Å². The summed E-state index contributed by atoms with van der Waals surface area (Å²) in [6, 6.07) is 3.75. The summed E-state index contributed by atoms with van der Waals surface area (Å²) in [6.07, 6.45) is 1.72. The highest BCUT2D eigenvalue weighted by Crippen LogP contribution is 2.17. The summed E-state index contributed by atoms with van der Waals surface area (Å²) in [4.78, 5) is 6.71. The summed E-state index contributed by atoms with van der Waals surface area (Å²) in [5.74, 6) is 0.950. The van der Waals surface area contributed by atoms with Gasteiger partial charge in [-0.3, -0.25) is 0 Å². The topological polar surface area (TPSA) is 54.2 Å². The number of nitrogens with two attached hydrogens (primary N) is 1. The van der Waals surface area contributed by atoms with Crippen molar-refractivity contribution >= 4 is 17.6 Å². The van der Waals surface area contributed by atoms with Crippen LogP contribution in [0.4, 0.5) is 11.5 Å². The highest BCUT2D eigenvalue weighted by Gasteiger charge is 2.12. The van der Waals surface area contributed by atoms with Crippen LogP contribution in [0.1, 0.15) is 5.69 Å². The third-order valence-electron chi connectivity index (χ3n) is 2.50. The molecule has 0 radical (unpaired) electrons. The molecule has 1 aromatic rings. The van der Waals surface area contributed by atoms with Crippen LogP contribution in [-0.4, -0.2) is 31.2 Å². The van der Waals surface area contributed by atoms with Crippen molar-refractivity contribution in [1.82, 2.24) is 10.3 Å². The van der Waals surface area contributed by atoms with Crippen molar-refractivity contribution in [2.75, 3.05) is 36.8 Å². The Hall–Kier alpha value is -1.55. The van der Waals surface area contributed by atoms with Crippen molar-refractivity contribution in [1.29, 1.82) is 0 Å². The van der Waals surface area contributed by atoms with Gasteiger partial charge in [-0.2, -0.15) is 0 Å². The third-order valence-corrected chi connectivity index (χ3v) is 2.50. The predicted molar refractivity (Wildman–Crippen MR) is 63.8 cm³/mol. The van der Waals surface area contributed by atoms with E-state index < -0.39 is 0 Å². The first kappa shape index (κ1) is 9.98. The number of nitrogen functional groups attached to an aromatic ring is 1. The minimum atomic E-state index is 0.744. The van der Waals surface area contributed by atoms with E-state index >= 15 is 0 Å². The van der Waals surface area contributed by atoms with E-state index in [1.807, 2.05) is 12.1 Å². The predicted octanol–water partition coefficient (Wildman–Crippen LogP) is 0.716. The Morgan fingerprint density at radius 2 is 2.13 bits per heavy atom. The molecule has 2 heterocycles. The van der Waals surface area contributed by atoms with Gasteiger partial charge in [-0.25, -0.2) is 4.98 Å². The molecular formula is C11H16N4. The molecule has 0 amide bonds. The average Bonchev–Trinajstić information content (AvgIpc) is 2.29. The molecule has 1 aliphatic rings. The first-order chi connectivity index (χ1) is 7.29. The lowest BCUT2D eigenvalue weighted by atomic mass is 10.2. The van der Waals surface area contributed by atoms with Gasteiger partial charge in [0, 0.05) is 37.9 Å². The van der Waals surface area contributed by atoms with Crippen molar-refractivity contribution in [2.45, 2.75) is 0 Å². The van der Waals surface area contributed by atoms with E-state index in [1.54, 1.807) is 6.08 Å². The average molecular weight is 204 g/mol. The zero-order chi connectivity index (χ0) is 10.7. The molecule has 80 valence electrons. The summed E-state index contributed by atoms with van der Waals surface area (Å²) < 4.78 is 0. The Labute approximate surface area is 89.8 Å². The van der Waals surface area contributed by atoms with Gasteiger partial charge in [0.15, 0.2) is 0 Å². The van der Waals surface area contributed by atoms with E-state index in [0.29, 0.717) is 0 Å². The number of nitrogens with zero attached hydrogens (tertiary/aromatic N) is 2. The smallest absolute Gasteiger partial charge is 0.131 e. The number of piperazine rings is 1. The SMILES string of the molecule is C=Cc1cc(N)cc(N2CCNCC2)n1. The van der Waals surface area contributed by atoms with E-state index in [2.05, 4.69) is 21.8 Å². The Morgan fingerprint density at radius 3 is 2.80 bits per heavy atom. The highest BCUT2D eigenvalue weighted by molar-refractivity contribution is 5.58. The van der Waals surface area contributed by atoms with Gasteiger partial charge in [-0.05, 0) is 12.1 Å². The Bertz CT molecular complexity index is 356. The molecule has 0 aliphatic carbocycles. The fourth-order valence-electron chi connectivity index (χ4n) is 1.72. The third kappa shape index (κ3) is 2.27. The number of hydrogen-bond acceptors (Lipinski definition) is 4. The first-order valence-corrected chi connectivity index (χ1v) is 5.15. The molecule has 15 heavy (non-hydrogen) atoms. The Kier molecular flexibility index (Phi) is 2.87. The largest absolute Gasteiger partial charge is 0.399 e. The van der Waals surface area contributed by atoms with Gasteiger partial charge >= 0.3 is 0 Å². The molecule has 0 unspecified atom stereocenters. The number of rotatable bonds is 2. The first-order valence-electron chi connectivity index (χ1n) is 5.15. The molecule has 0 aromatic carbocycles. The molecule has 4 nitrogen and oxygen atoms in total.